The van der Waals surface area contributed by atoms with Crippen molar-refractivity contribution < 1.29 is 18.7 Å². The van der Waals surface area contributed by atoms with Crippen molar-refractivity contribution in [2.75, 3.05) is 12.3 Å². The van der Waals surface area contributed by atoms with Crippen LogP contribution in [-0.4, -0.2) is 22.1 Å². The predicted molar refractivity (Wildman–Crippen MR) is 77.4 cm³/mol. The second kappa shape index (κ2) is 5.48. The summed E-state index contributed by atoms with van der Waals surface area (Å²) < 4.78 is 16.0. The fourth-order valence-electron chi connectivity index (χ4n) is 1.85. The Bertz CT molecular complexity index is 274. The molecule has 100 valence electrons. The molecule has 0 saturated heterocycles. The van der Waals surface area contributed by atoms with Gasteiger partial charge in [0.25, 0.3) is 0 Å². The molecule has 0 aromatic carbocycles. The summed E-state index contributed by atoms with van der Waals surface area (Å²) in [5, 5.41) is -3.36. The molecule has 0 aliphatic heterocycles. The van der Waals surface area contributed by atoms with Gasteiger partial charge in [0, 0.05) is 0 Å². The van der Waals surface area contributed by atoms with E-state index < -0.39 is 13.1 Å². The van der Waals surface area contributed by atoms with Gasteiger partial charge in [0.05, 0.1) is 0 Å². The third-order valence-electron chi connectivity index (χ3n) is 1.76. The molecule has 0 heterocycles. The Morgan fingerprint density at radius 2 is 1.44 bits per heavy atom. The van der Waals surface area contributed by atoms with E-state index in [4.69, 9.17) is 14.1 Å². The summed E-state index contributed by atoms with van der Waals surface area (Å²) in [6, 6.07) is 0. The third kappa shape index (κ3) is 7.54. The Morgan fingerprint density at radius 3 is 1.62 bits per heavy atom. The van der Waals surface area contributed by atoms with E-state index >= 15 is 0 Å². The molecule has 0 saturated carbocycles. The van der Waals surface area contributed by atoms with Gasteiger partial charge >= 0.3 is 108 Å². The van der Waals surface area contributed by atoms with Crippen LogP contribution in [0.2, 0.25) is 0 Å². The zero-order valence-corrected chi connectivity index (χ0v) is 13.6. The first-order valence-corrected chi connectivity index (χ1v) is 11.5. The number of hydrogen-bond acceptors (Lipinski definition) is 4. The van der Waals surface area contributed by atoms with Crippen molar-refractivity contribution in [3.63, 3.8) is 0 Å². The Morgan fingerprint density at radius 1 is 1.12 bits per heavy atom. The molecule has 16 heavy (non-hydrogen) atoms. The molecular weight excluding hydrogens is 286 g/mol. The Labute approximate surface area is 108 Å². The second-order valence-electron chi connectivity index (χ2n) is 5.03. The first-order valence-electron chi connectivity index (χ1n) is 5.11. The zero-order chi connectivity index (χ0) is 13.2. The molecule has 0 bridgehead atoms. The van der Waals surface area contributed by atoms with Crippen molar-refractivity contribution in [1.29, 1.82) is 0 Å². The van der Waals surface area contributed by atoms with Crippen LogP contribution in [0.3, 0.4) is 0 Å². The Balaban J connectivity index is 5.07. The molecule has 4 nitrogen and oxygen atoms in total. The van der Waals surface area contributed by atoms with Gasteiger partial charge in [-0.2, -0.15) is 0 Å². The maximum absolute atomic E-state index is 11.0. The number of thiol groups is 2. The van der Waals surface area contributed by atoms with E-state index in [1.807, 2.05) is 27.7 Å². The van der Waals surface area contributed by atoms with Crippen LogP contribution in [0, 0.1) is 11.8 Å². The van der Waals surface area contributed by atoms with Crippen molar-refractivity contribution >= 4 is 37.6 Å². The average molecular weight is 308 g/mol. The van der Waals surface area contributed by atoms with Gasteiger partial charge in [-0.05, 0) is 0 Å². The van der Waals surface area contributed by atoms with Crippen molar-refractivity contribution in [2.45, 2.75) is 27.7 Å². The summed E-state index contributed by atoms with van der Waals surface area (Å²) in [6.07, 6.45) is 0.947. The van der Waals surface area contributed by atoms with Gasteiger partial charge in [0.2, 0.25) is 0 Å². The maximum atomic E-state index is 11.0. The standard InChI is InChI=1S/C8H22O4P2S2/c1-7(2)5-14(15,16,6-8(3)4)12-13(9,10)11/h7-8,15-16H,5-6H2,1-4H3,(H2,9,10,11). The normalized spacial score (nSPS) is 16.5. The van der Waals surface area contributed by atoms with E-state index in [0.29, 0.717) is 12.3 Å². The molecule has 0 aromatic rings. The molecule has 0 radical (unpaired) electrons. The van der Waals surface area contributed by atoms with Crippen LogP contribution >= 0.6 is 37.6 Å². The van der Waals surface area contributed by atoms with Gasteiger partial charge in [-0.15, -0.1) is 0 Å². The van der Waals surface area contributed by atoms with Gasteiger partial charge in [-0.3, -0.25) is 0 Å². The molecule has 0 aromatic heterocycles. The van der Waals surface area contributed by atoms with E-state index in [0.717, 1.165) is 0 Å². The van der Waals surface area contributed by atoms with Crippen LogP contribution in [0.1, 0.15) is 27.7 Å². The minimum absolute atomic E-state index is 0.220. The van der Waals surface area contributed by atoms with Gasteiger partial charge in [-0.1, -0.05) is 0 Å². The van der Waals surface area contributed by atoms with E-state index in [-0.39, 0.29) is 11.8 Å². The monoisotopic (exact) mass is 308 g/mol. The first-order chi connectivity index (χ1) is 6.82. The third-order valence-corrected chi connectivity index (χ3v) is 10.3. The van der Waals surface area contributed by atoms with Crippen LogP contribution < -0.4 is 0 Å². The summed E-state index contributed by atoms with van der Waals surface area (Å²) in [7, 11) is -4.56. The summed E-state index contributed by atoms with van der Waals surface area (Å²) >= 11 is 8.86. The molecule has 2 N–H and O–H groups in total. The Kier molecular flexibility index (Phi) is 5.90. The van der Waals surface area contributed by atoms with Gasteiger partial charge in [-0.25, -0.2) is 0 Å². The average Bonchev–Trinajstić information content (AvgIpc) is 1.70. The van der Waals surface area contributed by atoms with E-state index in [9.17, 15) is 4.57 Å². The molecule has 0 aliphatic carbocycles. The molecule has 0 unspecified atom stereocenters. The number of phosphoric acid groups is 1. The summed E-state index contributed by atoms with van der Waals surface area (Å²) in [5.74, 6) is 0.441. The molecule has 0 spiro atoms. The molecular formula is C8H22O4P2S2. The van der Waals surface area contributed by atoms with Gasteiger partial charge in [0.15, 0.2) is 0 Å². The predicted octanol–water partition coefficient (Wildman–Crippen LogP) is 3.57. The molecule has 0 fully saturated rings. The first kappa shape index (κ1) is 17.2. The minimum atomic E-state index is -4.56. The van der Waals surface area contributed by atoms with Crippen LogP contribution in [0.5, 0.6) is 0 Å². The number of hydrogen-bond donors (Lipinski definition) is 4. The fourth-order valence-corrected chi connectivity index (χ4v) is 13.1. The van der Waals surface area contributed by atoms with E-state index in [2.05, 4.69) is 24.5 Å². The van der Waals surface area contributed by atoms with E-state index in [1.165, 1.54) is 0 Å². The van der Waals surface area contributed by atoms with Crippen LogP contribution in [0.4, 0.5) is 0 Å². The summed E-state index contributed by atoms with van der Waals surface area (Å²) in [4.78, 5) is 17.9. The molecule has 0 amide bonds. The fraction of sp³-hybridized carbons (Fsp3) is 1.00. The van der Waals surface area contributed by atoms with Crippen molar-refractivity contribution in [1.82, 2.24) is 0 Å². The van der Waals surface area contributed by atoms with Gasteiger partial charge < -0.3 is 0 Å². The second-order valence-corrected chi connectivity index (χ2v) is 16.5. The summed E-state index contributed by atoms with van der Waals surface area (Å²) in [5.41, 5.74) is 0. The van der Waals surface area contributed by atoms with Crippen molar-refractivity contribution in [2.24, 2.45) is 11.8 Å². The zero-order valence-electron chi connectivity index (χ0n) is 10.1. The topological polar surface area (TPSA) is 66.8 Å². The van der Waals surface area contributed by atoms with Crippen molar-refractivity contribution in [3.8, 4) is 0 Å². The van der Waals surface area contributed by atoms with Crippen LogP contribution in [-0.2, 0) is 8.88 Å². The van der Waals surface area contributed by atoms with Crippen LogP contribution in [0.25, 0.3) is 0 Å². The quantitative estimate of drug-likeness (QED) is 0.447. The van der Waals surface area contributed by atoms with Crippen LogP contribution in [0.15, 0.2) is 0 Å². The number of rotatable bonds is 6. The molecule has 0 atom stereocenters. The molecule has 0 aliphatic rings. The Hall–Kier alpha value is 1.24. The SMILES string of the molecule is CC(C)CP(S)(S)(CC(C)C)OP(=O)(O)O. The molecule has 0 rings (SSSR count). The van der Waals surface area contributed by atoms with Gasteiger partial charge in [0.1, 0.15) is 0 Å². The van der Waals surface area contributed by atoms with E-state index in [1.54, 1.807) is 0 Å². The summed E-state index contributed by atoms with van der Waals surface area (Å²) in [6.45, 7) is 7.82. The molecule has 8 heteroatoms. The van der Waals surface area contributed by atoms with Crippen molar-refractivity contribution in [3.05, 3.63) is 0 Å².